The van der Waals surface area contributed by atoms with E-state index in [1.54, 1.807) is 0 Å². The average Bonchev–Trinajstić information content (AvgIpc) is 2.58. The summed E-state index contributed by atoms with van der Waals surface area (Å²) < 4.78 is 11.5. The van der Waals surface area contributed by atoms with Crippen LogP contribution in [0.15, 0.2) is 24.3 Å². The van der Waals surface area contributed by atoms with Crippen LogP contribution in [0, 0.1) is 5.92 Å². The summed E-state index contributed by atoms with van der Waals surface area (Å²) in [5.74, 6) is 0.134. The molecule has 0 aliphatic carbocycles. The molecule has 2 nitrogen and oxygen atoms in total. The first-order chi connectivity index (χ1) is 11.6. The van der Waals surface area contributed by atoms with E-state index in [2.05, 4.69) is 31.2 Å². The van der Waals surface area contributed by atoms with E-state index in [1.807, 2.05) is 13.8 Å². The van der Waals surface area contributed by atoms with Crippen LogP contribution in [0.5, 0.6) is 0 Å². The fraction of sp³-hybridized carbons (Fsp3) is 0.727. The van der Waals surface area contributed by atoms with Gasteiger partial charge in [0.05, 0.1) is 13.2 Å². The summed E-state index contributed by atoms with van der Waals surface area (Å²) in [6.07, 6.45) is 11.7. The van der Waals surface area contributed by atoms with Gasteiger partial charge in [-0.05, 0) is 50.7 Å². The van der Waals surface area contributed by atoms with Crippen LogP contribution in [0.4, 0.5) is 0 Å². The van der Waals surface area contributed by atoms with Crippen molar-refractivity contribution in [1.29, 1.82) is 0 Å². The Balaban J connectivity index is 1.61. The van der Waals surface area contributed by atoms with Crippen LogP contribution < -0.4 is 0 Å². The molecule has 2 heteroatoms. The molecule has 1 aliphatic heterocycles. The highest BCUT2D eigenvalue weighted by molar-refractivity contribution is 5.22. The van der Waals surface area contributed by atoms with Gasteiger partial charge in [0.1, 0.15) is 0 Å². The third-order valence-electron chi connectivity index (χ3n) is 5.02. The van der Waals surface area contributed by atoms with Crippen molar-refractivity contribution in [3.05, 3.63) is 35.4 Å². The molecule has 0 unspecified atom stereocenters. The Morgan fingerprint density at radius 3 is 2.00 bits per heavy atom. The molecular formula is C22H36O2. The molecule has 0 atom stereocenters. The van der Waals surface area contributed by atoms with Crippen molar-refractivity contribution in [2.75, 3.05) is 13.2 Å². The standard InChI is InChI=1S/C22H36O2/c1-4-5-6-7-8-9-10-19-11-13-20(14-12-19)15-16-21-17-23-22(2,3)24-18-21/h11-14,21H,4-10,15-18H2,1-3H3. The minimum absolute atomic E-state index is 0.394. The molecule has 0 N–H and O–H groups in total. The highest BCUT2D eigenvalue weighted by Crippen LogP contribution is 2.23. The number of aryl methyl sites for hydroxylation is 2. The Bertz CT molecular complexity index is 440. The van der Waals surface area contributed by atoms with Gasteiger partial charge in [0.15, 0.2) is 5.79 Å². The topological polar surface area (TPSA) is 18.5 Å². The van der Waals surface area contributed by atoms with Crippen molar-refractivity contribution in [3.8, 4) is 0 Å². The van der Waals surface area contributed by atoms with Gasteiger partial charge in [-0.15, -0.1) is 0 Å². The Labute approximate surface area is 148 Å². The maximum atomic E-state index is 5.74. The first-order valence-corrected chi connectivity index (χ1v) is 9.95. The number of ether oxygens (including phenoxy) is 2. The molecular weight excluding hydrogens is 296 g/mol. The highest BCUT2D eigenvalue weighted by Gasteiger charge is 2.27. The van der Waals surface area contributed by atoms with Gasteiger partial charge >= 0.3 is 0 Å². The second kappa shape index (κ2) is 10.2. The van der Waals surface area contributed by atoms with Crippen molar-refractivity contribution in [1.82, 2.24) is 0 Å². The molecule has 1 aliphatic rings. The van der Waals surface area contributed by atoms with Gasteiger partial charge in [0, 0.05) is 5.92 Å². The molecule has 0 saturated carbocycles. The van der Waals surface area contributed by atoms with Gasteiger partial charge in [0.25, 0.3) is 0 Å². The average molecular weight is 333 g/mol. The normalized spacial score (nSPS) is 18.0. The van der Waals surface area contributed by atoms with Crippen LogP contribution >= 0.6 is 0 Å². The molecule has 0 radical (unpaired) electrons. The summed E-state index contributed by atoms with van der Waals surface area (Å²) >= 11 is 0. The molecule has 2 rings (SSSR count). The highest BCUT2D eigenvalue weighted by atomic mass is 16.7. The lowest BCUT2D eigenvalue weighted by Crippen LogP contribution is -2.39. The summed E-state index contributed by atoms with van der Waals surface area (Å²) in [5.41, 5.74) is 2.92. The molecule has 0 amide bonds. The molecule has 0 bridgehead atoms. The van der Waals surface area contributed by atoms with E-state index < -0.39 is 5.79 Å². The van der Waals surface area contributed by atoms with Crippen molar-refractivity contribution < 1.29 is 9.47 Å². The third kappa shape index (κ3) is 7.36. The van der Waals surface area contributed by atoms with Crippen LogP contribution in [-0.4, -0.2) is 19.0 Å². The van der Waals surface area contributed by atoms with E-state index >= 15 is 0 Å². The maximum Gasteiger partial charge on any atom is 0.162 e. The van der Waals surface area contributed by atoms with Crippen LogP contribution in [0.1, 0.15) is 76.8 Å². The zero-order valence-corrected chi connectivity index (χ0v) is 16.0. The molecule has 0 aromatic heterocycles. The number of hydrogen-bond donors (Lipinski definition) is 0. The Hall–Kier alpha value is -0.860. The van der Waals surface area contributed by atoms with Crippen LogP contribution in [0.2, 0.25) is 0 Å². The van der Waals surface area contributed by atoms with Crippen LogP contribution in [0.25, 0.3) is 0 Å². The smallest absolute Gasteiger partial charge is 0.162 e. The first kappa shape index (κ1) is 19.5. The zero-order chi connectivity index (χ0) is 17.3. The fourth-order valence-corrected chi connectivity index (χ4v) is 3.25. The minimum atomic E-state index is -0.394. The van der Waals surface area contributed by atoms with E-state index in [1.165, 1.54) is 56.1 Å². The van der Waals surface area contributed by atoms with Crippen molar-refractivity contribution >= 4 is 0 Å². The fourth-order valence-electron chi connectivity index (χ4n) is 3.25. The second-order valence-corrected chi connectivity index (χ2v) is 7.76. The Kier molecular flexibility index (Phi) is 8.28. The molecule has 0 spiro atoms. The quantitative estimate of drug-likeness (QED) is 0.495. The van der Waals surface area contributed by atoms with Crippen molar-refractivity contribution in [2.45, 2.75) is 84.3 Å². The van der Waals surface area contributed by atoms with Gasteiger partial charge in [-0.25, -0.2) is 0 Å². The molecule has 24 heavy (non-hydrogen) atoms. The Morgan fingerprint density at radius 1 is 0.833 bits per heavy atom. The molecule has 136 valence electrons. The number of benzene rings is 1. The number of rotatable bonds is 10. The second-order valence-electron chi connectivity index (χ2n) is 7.76. The van der Waals surface area contributed by atoms with E-state index in [-0.39, 0.29) is 0 Å². The Morgan fingerprint density at radius 2 is 1.38 bits per heavy atom. The predicted octanol–water partition coefficient (Wildman–Crippen LogP) is 5.92. The van der Waals surface area contributed by atoms with E-state index in [9.17, 15) is 0 Å². The van der Waals surface area contributed by atoms with Crippen LogP contribution in [0.3, 0.4) is 0 Å². The SMILES string of the molecule is CCCCCCCCc1ccc(CCC2COC(C)(C)OC2)cc1. The lowest BCUT2D eigenvalue weighted by molar-refractivity contribution is -0.262. The molecule has 1 saturated heterocycles. The van der Waals surface area contributed by atoms with Crippen molar-refractivity contribution in [2.24, 2.45) is 5.92 Å². The maximum absolute atomic E-state index is 5.74. The summed E-state index contributed by atoms with van der Waals surface area (Å²) in [6, 6.07) is 9.25. The first-order valence-electron chi connectivity index (χ1n) is 9.95. The van der Waals surface area contributed by atoms with Crippen LogP contribution in [-0.2, 0) is 22.3 Å². The van der Waals surface area contributed by atoms with Gasteiger partial charge in [-0.2, -0.15) is 0 Å². The zero-order valence-electron chi connectivity index (χ0n) is 16.0. The predicted molar refractivity (Wildman–Crippen MR) is 101 cm³/mol. The molecule has 1 heterocycles. The molecule has 1 aromatic rings. The number of unbranched alkanes of at least 4 members (excludes halogenated alkanes) is 5. The third-order valence-corrected chi connectivity index (χ3v) is 5.02. The molecule has 1 aromatic carbocycles. The van der Waals surface area contributed by atoms with E-state index in [4.69, 9.17) is 9.47 Å². The lowest BCUT2D eigenvalue weighted by Gasteiger charge is -2.35. The van der Waals surface area contributed by atoms with Gasteiger partial charge in [0.2, 0.25) is 0 Å². The lowest BCUT2D eigenvalue weighted by atomic mass is 9.98. The van der Waals surface area contributed by atoms with Gasteiger partial charge in [-0.1, -0.05) is 63.3 Å². The van der Waals surface area contributed by atoms with Gasteiger partial charge in [-0.3, -0.25) is 0 Å². The summed E-state index contributed by atoms with van der Waals surface area (Å²) in [4.78, 5) is 0. The minimum Gasteiger partial charge on any atom is -0.350 e. The molecule has 1 fully saturated rings. The largest absolute Gasteiger partial charge is 0.350 e. The van der Waals surface area contributed by atoms with Crippen molar-refractivity contribution in [3.63, 3.8) is 0 Å². The van der Waals surface area contributed by atoms with Gasteiger partial charge < -0.3 is 9.47 Å². The summed E-state index contributed by atoms with van der Waals surface area (Å²) in [7, 11) is 0. The monoisotopic (exact) mass is 332 g/mol. The van der Waals surface area contributed by atoms with E-state index in [0.29, 0.717) is 5.92 Å². The van der Waals surface area contributed by atoms with E-state index in [0.717, 1.165) is 26.1 Å². The number of hydrogen-bond acceptors (Lipinski definition) is 2. The summed E-state index contributed by atoms with van der Waals surface area (Å²) in [6.45, 7) is 7.90. The summed E-state index contributed by atoms with van der Waals surface area (Å²) in [5, 5.41) is 0.